The first-order valence-corrected chi connectivity index (χ1v) is 8.11. The Hall–Kier alpha value is -2.06. The Morgan fingerprint density at radius 1 is 1.33 bits per heavy atom. The van der Waals surface area contributed by atoms with Crippen LogP contribution in [0.1, 0.15) is 17.8 Å². The SMILES string of the molecule is O=C(O)CCc1cn(Cc2csc(-c3ccsc3)n2)nn1. The summed E-state index contributed by atoms with van der Waals surface area (Å²) in [6, 6.07) is 2.05. The van der Waals surface area contributed by atoms with Gasteiger partial charge in [0.1, 0.15) is 5.01 Å². The van der Waals surface area contributed by atoms with E-state index in [2.05, 4.69) is 20.7 Å². The molecule has 3 aromatic heterocycles. The van der Waals surface area contributed by atoms with Gasteiger partial charge >= 0.3 is 5.97 Å². The normalized spacial score (nSPS) is 10.9. The Morgan fingerprint density at radius 3 is 3.00 bits per heavy atom. The molecule has 0 fully saturated rings. The van der Waals surface area contributed by atoms with Crippen LogP contribution in [0.3, 0.4) is 0 Å². The lowest BCUT2D eigenvalue weighted by Crippen LogP contribution is -2.00. The molecule has 0 radical (unpaired) electrons. The van der Waals surface area contributed by atoms with Crippen LogP contribution >= 0.6 is 22.7 Å². The number of hydrogen-bond acceptors (Lipinski definition) is 6. The molecule has 0 aliphatic carbocycles. The van der Waals surface area contributed by atoms with Crippen molar-refractivity contribution in [2.75, 3.05) is 0 Å². The number of thiophene rings is 1. The number of carboxylic acids is 1. The first-order valence-electron chi connectivity index (χ1n) is 6.28. The molecular weight excluding hydrogens is 308 g/mol. The van der Waals surface area contributed by atoms with Crippen LogP contribution in [-0.4, -0.2) is 31.1 Å². The minimum absolute atomic E-state index is 0.0672. The average Bonchev–Trinajstić information content (AvgIpc) is 3.18. The van der Waals surface area contributed by atoms with Crippen LogP contribution in [0.2, 0.25) is 0 Å². The summed E-state index contributed by atoms with van der Waals surface area (Å²) in [4.78, 5) is 15.1. The number of nitrogens with zero attached hydrogens (tertiary/aromatic N) is 4. The molecule has 0 unspecified atom stereocenters. The summed E-state index contributed by atoms with van der Waals surface area (Å²) in [6.45, 7) is 0.542. The van der Waals surface area contributed by atoms with Gasteiger partial charge in [-0.05, 0) is 11.4 Å². The van der Waals surface area contributed by atoms with Gasteiger partial charge in [0.25, 0.3) is 0 Å². The molecule has 6 nitrogen and oxygen atoms in total. The van der Waals surface area contributed by atoms with Gasteiger partial charge in [0.2, 0.25) is 0 Å². The molecule has 0 saturated carbocycles. The Kier molecular flexibility index (Phi) is 4.07. The maximum atomic E-state index is 10.5. The second-order valence-electron chi connectivity index (χ2n) is 4.46. The van der Waals surface area contributed by atoms with Crippen LogP contribution in [0.5, 0.6) is 0 Å². The number of carboxylic acid groups (broad SMARTS) is 1. The summed E-state index contributed by atoms with van der Waals surface area (Å²) in [5.41, 5.74) is 2.75. The lowest BCUT2D eigenvalue weighted by atomic mass is 10.2. The molecule has 3 heterocycles. The third-order valence-electron chi connectivity index (χ3n) is 2.82. The fourth-order valence-corrected chi connectivity index (χ4v) is 3.35. The number of rotatable bonds is 6. The Bertz CT molecular complexity index is 733. The highest BCUT2D eigenvalue weighted by molar-refractivity contribution is 7.14. The second kappa shape index (κ2) is 6.15. The second-order valence-corrected chi connectivity index (χ2v) is 6.10. The van der Waals surface area contributed by atoms with Gasteiger partial charge in [-0.1, -0.05) is 5.21 Å². The summed E-state index contributed by atoms with van der Waals surface area (Å²) < 4.78 is 1.68. The van der Waals surface area contributed by atoms with E-state index in [0.29, 0.717) is 18.7 Å². The molecule has 8 heteroatoms. The van der Waals surface area contributed by atoms with Crippen molar-refractivity contribution in [1.82, 2.24) is 20.0 Å². The predicted molar refractivity (Wildman–Crippen MR) is 80.5 cm³/mol. The Morgan fingerprint density at radius 2 is 2.24 bits per heavy atom. The van der Waals surface area contributed by atoms with Gasteiger partial charge in [-0.25, -0.2) is 9.67 Å². The van der Waals surface area contributed by atoms with E-state index in [1.54, 1.807) is 33.6 Å². The first-order chi connectivity index (χ1) is 10.2. The van der Waals surface area contributed by atoms with Crippen LogP contribution in [0, 0.1) is 0 Å². The lowest BCUT2D eigenvalue weighted by molar-refractivity contribution is -0.136. The largest absolute Gasteiger partial charge is 0.481 e. The molecular formula is C13H12N4O2S2. The minimum Gasteiger partial charge on any atom is -0.481 e. The maximum Gasteiger partial charge on any atom is 0.303 e. The van der Waals surface area contributed by atoms with E-state index in [1.807, 2.05) is 16.8 Å². The van der Waals surface area contributed by atoms with Crippen molar-refractivity contribution in [1.29, 1.82) is 0 Å². The highest BCUT2D eigenvalue weighted by Crippen LogP contribution is 2.25. The van der Waals surface area contributed by atoms with Crippen LogP contribution in [-0.2, 0) is 17.8 Å². The zero-order valence-corrected chi connectivity index (χ0v) is 12.6. The van der Waals surface area contributed by atoms with E-state index in [-0.39, 0.29) is 6.42 Å². The van der Waals surface area contributed by atoms with Crippen molar-refractivity contribution >= 4 is 28.6 Å². The minimum atomic E-state index is -0.829. The third-order valence-corrected chi connectivity index (χ3v) is 4.45. The van der Waals surface area contributed by atoms with Gasteiger partial charge in [0, 0.05) is 28.9 Å². The molecule has 1 N–H and O–H groups in total. The van der Waals surface area contributed by atoms with Gasteiger partial charge in [-0.15, -0.1) is 16.4 Å². The first kappa shape index (κ1) is 13.9. The van der Waals surface area contributed by atoms with Crippen molar-refractivity contribution in [3.63, 3.8) is 0 Å². The molecule has 0 aliphatic rings. The van der Waals surface area contributed by atoms with Gasteiger partial charge in [-0.3, -0.25) is 4.79 Å². The fraction of sp³-hybridized carbons (Fsp3) is 0.231. The monoisotopic (exact) mass is 320 g/mol. The average molecular weight is 320 g/mol. The van der Waals surface area contributed by atoms with Crippen molar-refractivity contribution in [3.8, 4) is 10.6 Å². The van der Waals surface area contributed by atoms with Crippen LogP contribution in [0.25, 0.3) is 10.6 Å². The Labute approximate surface area is 128 Å². The zero-order valence-electron chi connectivity index (χ0n) is 11.0. The predicted octanol–water partition coefficient (Wildman–Crippen LogP) is 2.53. The summed E-state index contributed by atoms with van der Waals surface area (Å²) in [7, 11) is 0. The van der Waals surface area contributed by atoms with Crippen molar-refractivity contribution < 1.29 is 9.90 Å². The van der Waals surface area contributed by atoms with E-state index in [4.69, 9.17) is 5.11 Å². The van der Waals surface area contributed by atoms with Gasteiger partial charge < -0.3 is 5.11 Å². The summed E-state index contributed by atoms with van der Waals surface area (Å²) in [5.74, 6) is -0.829. The molecule has 108 valence electrons. The number of aromatic nitrogens is 4. The van der Waals surface area contributed by atoms with Crippen LogP contribution in [0.4, 0.5) is 0 Å². The molecule has 0 saturated heterocycles. The van der Waals surface area contributed by atoms with Crippen molar-refractivity contribution in [3.05, 3.63) is 39.8 Å². The number of aliphatic carboxylic acids is 1. The van der Waals surface area contributed by atoms with Gasteiger partial charge in [0.15, 0.2) is 0 Å². The maximum absolute atomic E-state index is 10.5. The summed E-state index contributed by atoms with van der Waals surface area (Å²) in [6.07, 6.45) is 2.23. The molecule has 0 amide bonds. The molecule has 0 spiro atoms. The summed E-state index contributed by atoms with van der Waals surface area (Å²) >= 11 is 3.25. The zero-order chi connectivity index (χ0) is 14.7. The lowest BCUT2D eigenvalue weighted by Gasteiger charge is -1.95. The number of aryl methyl sites for hydroxylation is 1. The van der Waals surface area contributed by atoms with E-state index < -0.39 is 5.97 Å². The standard InChI is InChI=1S/C13H12N4O2S2/c18-12(19)2-1-10-5-17(16-15-10)6-11-8-21-13(14-11)9-3-4-20-7-9/h3-5,7-8H,1-2,6H2,(H,18,19). The third kappa shape index (κ3) is 3.53. The van der Waals surface area contributed by atoms with Crippen molar-refractivity contribution in [2.45, 2.75) is 19.4 Å². The van der Waals surface area contributed by atoms with E-state index in [0.717, 1.165) is 16.3 Å². The fourth-order valence-electron chi connectivity index (χ4n) is 1.83. The number of thiazole rings is 1. The molecule has 0 aromatic carbocycles. The molecule has 0 aliphatic heterocycles. The number of hydrogen-bond donors (Lipinski definition) is 1. The Balaban J connectivity index is 1.65. The molecule has 3 rings (SSSR count). The van der Waals surface area contributed by atoms with E-state index in [1.165, 1.54) is 0 Å². The molecule has 3 aromatic rings. The smallest absolute Gasteiger partial charge is 0.303 e. The highest BCUT2D eigenvalue weighted by Gasteiger charge is 2.08. The summed E-state index contributed by atoms with van der Waals surface area (Å²) in [5, 5.41) is 23.7. The molecule has 0 atom stereocenters. The number of carbonyl (C=O) groups is 1. The van der Waals surface area contributed by atoms with E-state index >= 15 is 0 Å². The quantitative estimate of drug-likeness (QED) is 0.755. The highest BCUT2D eigenvalue weighted by atomic mass is 32.1. The van der Waals surface area contributed by atoms with Gasteiger partial charge in [-0.2, -0.15) is 11.3 Å². The molecule has 0 bridgehead atoms. The van der Waals surface area contributed by atoms with Gasteiger partial charge in [0.05, 0.1) is 24.4 Å². The van der Waals surface area contributed by atoms with Crippen LogP contribution < -0.4 is 0 Å². The van der Waals surface area contributed by atoms with E-state index in [9.17, 15) is 4.79 Å². The topological polar surface area (TPSA) is 80.9 Å². The molecule has 21 heavy (non-hydrogen) atoms. The van der Waals surface area contributed by atoms with Crippen LogP contribution in [0.15, 0.2) is 28.4 Å². The van der Waals surface area contributed by atoms with Crippen molar-refractivity contribution in [2.24, 2.45) is 0 Å².